The van der Waals surface area contributed by atoms with Gasteiger partial charge in [-0.3, -0.25) is 4.68 Å². The molecule has 1 unspecified atom stereocenters. The molecule has 0 saturated carbocycles. The fourth-order valence-corrected chi connectivity index (χ4v) is 1.56. The molecule has 17 heavy (non-hydrogen) atoms. The van der Waals surface area contributed by atoms with Crippen LogP contribution in [0.15, 0.2) is 12.4 Å². The van der Waals surface area contributed by atoms with E-state index in [4.69, 9.17) is 4.74 Å². The third kappa shape index (κ3) is 5.33. The molecule has 0 aliphatic rings. The van der Waals surface area contributed by atoms with Crippen LogP contribution < -0.4 is 5.32 Å². The molecule has 0 saturated heterocycles. The van der Waals surface area contributed by atoms with Crippen molar-refractivity contribution in [1.29, 1.82) is 0 Å². The van der Waals surface area contributed by atoms with Crippen molar-refractivity contribution < 1.29 is 4.74 Å². The van der Waals surface area contributed by atoms with Gasteiger partial charge < -0.3 is 10.1 Å². The summed E-state index contributed by atoms with van der Waals surface area (Å²) in [4.78, 5) is 0. The van der Waals surface area contributed by atoms with E-state index in [-0.39, 0.29) is 0 Å². The molecular weight excluding hydrogens is 214 g/mol. The lowest BCUT2D eigenvalue weighted by Crippen LogP contribution is -2.23. The van der Waals surface area contributed by atoms with Crippen LogP contribution in [-0.2, 0) is 11.3 Å². The normalized spacial score (nSPS) is 13.2. The van der Waals surface area contributed by atoms with Gasteiger partial charge in [-0.1, -0.05) is 13.8 Å². The van der Waals surface area contributed by atoms with Gasteiger partial charge in [0.25, 0.3) is 0 Å². The van der Waals surface area contributed by atoms with Gasteiger partial charge in [-0.15, -0.1) is 0 Å². The summed E-state index contributed by atoms with van der Waals surface area (Å²) in [5, 5.41) is 7.70. The molecule has 0 spiro atoms. The second kappa shape index (κ2) is 7.45. The van der Waals surface area contributed by atoms with E-state index >= 15 is 0 Å². The van der Waals surface area contributed by atoms with Gasteiger partial charge in [-0.25, -0.2) is 0 Å². The van der Waals surface area contributed by atoms with Gasteiger partial charge in [-0.2, -0.15) is 5.10 Å². The number of aryl methyl sites for hydroxylation is 1. The third-order valence-corrected chi connectivity index (χ3v) is 2.63. The summed E-state index contributed by atoms with van der Waals surface area (Å²) >= 11 is 0. The van der Waals surface area contributed by atoms with Gasteiger partial charge >= 0.3 is 0 Å². The van der Waals surface area contributed by atoms with E-state index in [1.807, 2.05) is 10.9 Å². The van der Waals surface area contributed by atoms with Crippen LogP contribution in [0.5, 0.6) is 0 Å². The number of nitrogens with one attached hydrogen (secondary N) is 1. The minimum Gasteiger partial charge on any atom is -0.380 e. The first-order valence-electron chi connectivity index (χ1n) is 6.47. The summed E-state index contributed by atoms with van der Waals surface area (Å²) in [7, 11) is 0. The molecular formula is C13H25N3O. The maximum atomic E-state index is 5.52. The number of ether oxygens (including phenoxy) is 1. The number of rotatable bonds is 8. The van der Waals surface area contributed by atoms with Crippen LogP contribution in [0.4, 0.5) is 0 Å². The predicted molar refractivity (Wildman–Crippen MR) is 70.0 cm³/mol. The minimum absolute atomic E-state index is 0.331. The number of aromatic nitrogens is 2. The Labute approximate surface area is 104 Å². The summed E-state index contributed by atoms with van der Waals surface area (Å²) in [6, 6.07) is 0.331. The molecule has 0 aromatic carbocycles. The second-order valence-electron chi connectivity index (χ2n) is 4.77. The van der Waals surface area contributed by atoms with Crippen LogP contribution >= 0.6 is 0 Å². The van der Waals surface area contributed by atoms with Crippen molar-refractivity contribution in [2.45, 2.75) is 40.3 Å². The Morgan fingerprint density at radius 1 is 1.41 bits per heavy atom. The number of hydrogen-bond acceptors (Lipinski definition) is 3. The maximum Gasteiger partial charge on any atom is 0.0591 e. The molecule has 0 aliphatic heterocycles. The molecule has 1 rings (SSSR count). The molecule has 0 fully saturated rings. The molecule has 4 nitrogen and oxygen atoms in total. The van der Waals surface area contributed by atoms with E-state index in [2.05, 4.69) is 44.3 Å². The Balaban J connectivity index is 2.18. The minimum atomic E-state index is 0.331. The van der Waals surface area contributed by atoms with E-state index in [9.17, 15) is 0 Å². The largest absolute Gasteiger partial charge is 0.380 e. The lowest BCUT2D eigenvalue weighted by molar-refractivity contribution is 0.110. The van der Waals surface area contributed by atoms with Crippen LogP contribution in [0, 0.1) is 5.92 Å². The molecule has 4 heteroatoms. The Kier molecular flexibility index (Phi) is 6.22. The lowest BCUT2D eigenvalue weighted by atomic mass is 10.2. The lowest BCUT2D eigenvalue weighted by Gasteiger charge is -2.12. The van der Waals surface area contributed by atoms with E-state index in [1.165, 1.54) is 5.56 Å². The van der Waals surface area contributed by atoms with E-state index in [0.29, 0.717) is 12.0 Å². The summed E-state index contributed by atoms with van der Waals surface area (Å²) in [5.74, 6) is 0.607. The topological polar surface area (TPSA) is 39.1 Å². The zero-order valence-electron chi connectivity index (χ0n) is 11.4. The van der Waals surface area contributed by atoms with Gasteiger partial charge in [0.1, 0.15) is 0 Å². The molecule has 1 aromatic rings. The van der Waals surface area contributed by atoms with Crippen LogP contribution in [-0.4, -0.2) is 29.5 Å². The Bertz CT molecular complexity index is 309. The van der Waals surface area contributed by atoms with E-state index < -0.39 is 0 Å². The molecule has 0 amide bonds. The first-order chi connectivity index (χ1) is 8.13. The fourth-order valence-electron chi connectivity index (χ4n) is 1.56. The molecule has 1 aromatic heterocycles. The highest BCUT2D eigenvalue weighted by atomic mass is 16.5. The van der Waals surface area contributed by atoms with Crippen molar-refractivity contribution in [1.82, 2.24) is 15.1 Å². The Morgan fingerprint density at radius 2 is 2.18 bits per heavy atom. The van der Waals surface area contributed by atoms with Crippen molar-refractivity contribution in [2.24, 2.45) is 5.92 Å². The van der Waals surface area contributed by atoms with Crippen molar-refractivity contribution in [2.75, 3.05) is 19.8 Å². The van der Waals surface area contributed by atoms with Crippen molar-refractivity contribution >= 4 is 0 Å². The van der Waals surface area contributed by atoms with E-state index in [1.54, 1.807) is 0 Å². The average Bonchev–Trinajstić information content (AvgIpc) is 2.76. The standard InChI is InChI=1S/C13H25N3O/c1-5-16-9-13(8-15-16)12(4)14-6-7-17-10-11(2)3/h8-9,11-12,14H,5-7,10H2,1-4H3. The highest BCUT2D eigenvalue weighted by Gasteiger charge is 2.06. The first-order valence-corrected chi connectivity index (χ1v) is 6.47. The van der Waals surface area contributed by atoms with Crippen molar-refractivity contribution in [3.05, 3.63) is 18.0 Å². The van der Waals surface area contributed by atoms with Gasteiger partial charge in [0.15, 0.2) is 0 Å². The number of nitrogens with zero attached hydrogens (tertiary/aromatic N) is 2. The van der Waals surface area contributed by atoms with Gasteiger partial charge in [-0.05, 0) is 19.8 Å². The van der Waals surface area contributed by atoms with Crippen molar-refractivity contribution in [3.63, 3.8) is 0 Å². The fraction of sp³-hybridized carbons (Fsp3) is 0.769. The smallest absolute Gasteiger partial charge is 0.0591 e. The summed E-state index contributed by atoms with van der Waals surface area (Å²) < 4.78 is 7.47. The molecule has 1 N–H and O–H groups in total. The third-order valence-electron chi connectivity index (χ3n) is 2.63. The molecule has 1 heterocycles. The second-order valence-corrected chi connectivity index (χ2v) is 4.77. The molecule has 0 bridgehead atoms. The summed E-state index contributed by atoms with van der Waals surface area (Å²) in [5.41, 5.74) is 1.23. The highest BCUT2D eigenvalue weighted by molar-refractivity contribution is 5.08. The van der Waals surface area contributed by atoms with E-state index in [0.717, 1.165) is 26.3 Å². The molecule has 1 atom stereocenters. The van der Waals surface area contributed by atoms with Gasteiger partial charge in [0.2, 0.25) is 0 Å². The zero-order chi connectivity index (χ0) is 12.7. The Morgan fingerprint density at radius 3 is 2.76 bits per heavy atom. The van der Waals surface area contributed by atoms with Crippen LogP contribution in [0.1, 0.15) is 39.3 Å². The molecule has 98 valence electrons. The molecule has 0 aliphatic carbocycles. The van der Waals surface area contributed by atoms with Crippen LogP contribution in [0.2, 0.25) is 0 Å². The van der Waals surface area contributed by atoms with Crippen LogP contribution in [0.3, 0.4) is 0 Å². The SMILES string of the molecule is CCn1cc(C(C)NCCOCC(C)C)cn1. The zero-order valence-corrected chi connectivity index (χ0v) is 11.4. The first kappa shape index (κ1) is 14.2. The van der Waals surface area contributed by atoms with Crippen LogP contribution in [0.25, 0.3) is 0 Å². The molecule has 0 radical (unpaired) electrons. The maximum absolute atomic E-state index is 5.52. The van der Waals surface area contributed by atoms with Crippen molar-refractivity contribution in [3.8, 4) is 0 Å². The van der Waals surface area contributed by atoms with Gasteiger partial charge in [0, 0.05) is 37.5 Å². The highest BCUT2D eigenvalue weighted by Crippen LogP contribution is 2.10. The quantitative estimate of drug-likeness (QED) is 0.707. The number of hydrogen-bond donors (Lipinski definition) is 1. The van der Waals surface area contributed by atoms with Gasteiger partial charge in [0.05, 0.1) is 12.8 Å². The monoisotopic (exact) mass is 239 g/mol. The predicted octanol–water partition coefficient (Wildman–Crippen LogP) is 2.23. The average molecular weight is 239 g/mol. The summed E-state index contributed by atoms with van der Waals surface area (Å²) in [6.45, 7) is 12.0. The Hall–Kier alpha value is -0.870. The summed E-state index contributed by atoms with van der Waals surface area (Å²) in [6.07, 6.45) is 4.02.